The molecule has 0 atom stereocenters. The van der Waals surface area contributed by atoms with Crippen molar-refractivity contribution < 1.29 is 46.9 Å². The largest absolute Gasteiger partial charge is 0.456 e. The fourth-order valence-corrected chi connectivity index (χ4v) is 10.4. The van der Waals surface area contributed by atoms with E-state index in [0.717, 1.165) is 65.4 Å². The Morgan fingerprint density at radius 2 is 0.740 bits per heavy atom. The maximum absolute atomic E-state index is 9.70. The summed E-state index contributed by atoms with van der Waals surface area (Å²) < 4.78 is 280. The minimum atomic E-state index is -1.07. The van der Waals surface area contributed by atoms with Crippen molar-refractivity contribution in [3.63, 3.8) is 0 Å². The molecule has 77 heavy (non-hydrogen) atoms. The van der Waals surface area contributed by atoms with E-state index in [-0.39, 0.29) is 29.7 Å². The molecule has 15 aromatic carbocycles. The molecule has 0 radical (unpaired) electrons. The van der Waals surface area contributed by atoms with Crippen LogP contribution in [0.1, 0.15) is 42.5 Å². The summed E-state index contributed by atoms with van der Waals surface area (Å²) >= 11 is 0. The maximum atomic E-state index is 9.70. The van der Waals surface area contributed by atoms with Crippen molar-refractivity contribution in [2.45, 2.75) is 0 Å². The normalized spacial score (nSPS) is 17.3. The Morgan fingerprint density at radius 3 is 1.44 bits per heavy atom. The van der Waals surface area contributed by atoms with Crippen LogP contribution in [0.5, 0.6) is 0 Å². The van der Waals surface area contributed by atoms with Gasteiger partial charge in [0, 0.05) is 10.8 Å². The van der Waals surface area contributed by atoms with Gasteiger partial charge in [0.15, 0.2) is 0 Å². The fourth-order valence-electron chi connectivity index (χ4n) is 10.4. The van der Waals surface area contributed by atoms with E-state index >= 15 is 0 Å². The van der Waals surface area contributed by atoms with E-state index in [1.165, 1.54) is 0 Å². The second-order valence-electron chi connectivity index (χ2n) is 17.8. The zero-order valence-electron chi connectivity index (χ0n) is 70.7. The van der Waals surface area contributed by atoms with Crippen LogP contribution < -0.4 is 0 Å². The zero-order chi connectivity index (χ0) is 77.8. The van der Waals surface area contributed by atoms with Crippen molar-refractivity contribution in [2.75, 3.05) is 0 Å². The molecule has 1 heterocycles. The van der Waals surface area contributed by atoms with Crippen molar-refractivity contribution in [3.8, 4) is 55.6 Å². The van der Waals surface area contributed by atoms with Gasteiger partial charge in [-0.05, 0) is 161 Å². The first-order valence-electron chi connectivity index (χ1n) is 39.5. The van der Waals surface area contributed by atoms with Crippen LogP contribution >= 0.6 is 0 Å². The van der Waals surface area contributed by atoms with Crippen LogP contribution in [0.25, 0.3) is 153 Å². The van der Waals surface area contributed by atoms with Gasteiger partial charge < -0.3 is 4.42 Å². The van der Waals surface area contributed by atoms with Crippen LogP contribution in [-0.4, -0.2) is 0 Å². The lowest BCUT2D eigenvalue weighted by Crippen LogP contribution is -1.92. The summed E-state index contributed by atoms with van der Waals surface area (Å²) in [6, 6.07) is 8.68. The van der Waals surface area contributed by atoms with E-state index in [0.29, 0.717) is 5.56 Å². The summed E-state index contributed by atoms with van der Waals surface area (Å²) in [6.45, 7) is 0. The summed E-state index contributed by atoms with van der Waals surface area (Å²) in [5.74, 6) is 0. The molecule has 0 amide bonds. The number of fused-ring (bicyclic) bond motifs is 10. The predicted octanol–water partition coefficient (Wildman–Crippen LogP) is 21.7. The highest BCUT2D eigenvalue weighted by molar-refractivity contribution is 6.27. The Labute approximate surface area is 489 Å². The van der Waals surface area contributed by atoms with Gasteiger partial charge in [-0.2, -0.15) is 0 Å². The van der Waals surface area contributed by atoms with Crippen molar-refractivity contribution in [1.82, 2.24) is 0 Å². The first-order valence-corrected chi connectivity index (χ1v) is 24.0. The van der Waals surface area contributed by atoms with E-state index in [1.807, 2.05) is 72.8 Å². The Hall–Kier alpha value is -10.1. The molecule has 0 saturated carbocycles. The Balaban J connectivity index is 0.000000189. The monoisotopic (exact) mass is 1010 g/mol. The van der Waals surface area contributed by atoms with Crippen LogP contribution in [0.2, 0.25) is 0 Å². The predicted molar refractivity (Wildman–Crippen MR) is 330 cm³/mol. The minimum absolute atomic E-state index is 0.207. The Bertz CT molecular complexity index is 6710. The average molecular weight is 1010 g/mol. The number of hydrogen-bond acceptors (Lipinski definition) is 1. The van der Waals surface area contributed by atoms with Gasteiger partial charge in [-0.15, -0.1) is 0 Å². The van der Waals surface area contributed by atoms with Gasteiger partial charge in [0.25, 0.3) is 0 Å². The molecule has 1 nitrogen and oxygen atoms in total. The zero-order valence-corrected chi connectivity index (χ0v) is 39.7. The summed E-state index contributed by atoms with van der Waals surface area (Å²) in [6.07, 6.45) is 0. The lowest BCUT2D eigenvalue weighted by atomic mass is 9.84. The third-order valence-corrected chi connectivity index (χ3v) is 13.6. The quantitative estimate of drug-likeness (QED) is 0.157. The molecular formula is C76H48O. The van der Waals surface area contributed by atoms with E-state index in [1.54, 1.807) is 0 Å². The van der Waals surface area contributed by atoms with Gasteiger partial charge >= 0.3 is 0 Å². The maximum Gasteiger partial charge on any atom is 0.136 e. The fraction of sp³-hybridized carbons (Fsp3) is 0. The molecule has 0 spiro atoms. The summed E-state index contributed by atoms with van der Waals surface area (Å²) in [4.78, 5) is 0. The number of rotatable bonds is 5. The molecule has 0 aliphatic carbocycles. The van der Waals surface area contributed by atoms with Crippen LogP contribution in [0, 0.1) is 0 Å². The van der Waals surface area contributed by atoms with Crippen molar-refractivity contribution in [3.05, 3.63) is 290 Å². The van der Waals surface area contributed by atoms with E-state index in [9.17, 15) is 11.0 Å². The highest BCUT2D eigenvalue weighted by atomic mass is 16.3. The lowest BCUT2D eigenvalue weighted by Gasteiger charge is -2.19. The molecule has 0 bridgehead atoms. The molecule has 0 aliphatic heterocycles. The van der Waals surface area contributed by atoms with Gasteiger partial charge in [0.05, 0.1) is 42.5 Å². The molecule has 0 saturated heterocycles. The van der Waals surface area contributed by atoms with E-state index in [4.69, 9.17) is 35.9 Å². The van der Waals surface area contributed by atoms with E-state index < -0.39 is 240 Å². The molecule has 16 aromatic rings. The number of furan rings is 1. The standard InChI is InChI=1S/C40H26.C36H22O/c1-2-13-29-25-31(24-23-27(29)11-1)30-15-9-16-32(26-30)39-35-18-5-7-20-37(35)40(38-21-8-6-19-36(38)39)34-22-10-14-28-12-3-4-17-33(28)34;1-2-11-23(12-3-1)34-26-15-6-8-17-28(26)35(29-18-9-7-16-27(29)34)30-19-10-20-32-36(30)31-21-24-13-4-5-14-25(24)22-33(31)37-32/h1-26H;1-22H/i1D,2D,3D,4D,5D,6D,7D,8D,9D,10D,11D,12D,13D,14D,15D,16D,17D,18D,19D,20D,21D,22D,23D,24D,25D,26D;1D,2D,3D,11D,12D. The highest BCUT2D eigenvalue weighted by Crippen LogP contribution is 2.49. The molecule has 1 aromatic heterocycles. The van der Waals surface area contributed by atoms with Gasteiger partial charge in [-0.3, -0.25) is 0 Å². The molecule has 16 rings (SSSR count). The first-order chi connectivity index (χ1) is 51.1. The van der Waals surface area contributed by atoms with Crippen LogP contribution in [0.4, 0.5) is 0 Å². The smallest absolute Gasteiger partial charge is 0.136 e. The van der Waals surface area contributed by atoms with E-state index in [2.05, 4.69) is 30.3 Å². The van der Waals surface area contributed by atoms with Crippen LogP contribution in [0.15, 0.2) is 295 Å². The van der Waals surface area contributed by atoms with Gasteiger partial charge in [-0.1, -0.05) is 260 Å². The lowest BCUT2D eigenvalue weighted by molar-refractivity contribution is 0.669. The first kappa shape index (κ1) is 23.2. The van der Waals surface area contributed by atoms with Crippen LogP contribution in [-0.2, 0) is 0 Å². The molecule has 1 heteroatoms. The SMILES string of the molecule is [2H]c1c([2H])c(-c2c([2H])c([2H])c3c([2H])c([2H])c([2H])c([2H])c3c2[2H])c([2H])c(-c2c3c([2H])c([2H])c([2H])c([2H])c3c(-c3c([2H])c([2H])c([2H])c4c([2H])c([2H])c([2H])c([2H])c34)c3c([2H])c([2H])c([2H])c([2H])c23)c1[2H].[2H]c1c([2H])c([2H])c(-c2c3ccccc3c(-c3cccc4oc5cc6ccccc6cc5c34)c3ccccc23)c([2H])c1[2H]. The van der Waals surface area contributed by atoms with Crippen LogP contribution in [0.3, 0.4) is 0 Å². The van der Waals surface area contributed by atoms with Crippen molar-refractivity contribution in [1.29, 1.82) is 0 Å². The number of benzene rings is 15. The van der Waals surface area contributed by atoms with Crippen molar-refractivity contribution in [2.24, 2.45) is 0 Å². The molecular weight excluding hydrogens is 929 g/mol. The van der Waals surface area contributed by atoms with Gasteiger partial charge in [0.1, 0.15) is 11.2 Å². The molecule has 358 valence electrons. The molecule has 0 fully saturated rings. The molecule has 0 unspecified atom stereocenters. The Kier molecular flexibility index (Phi) is 5.54. The summed E-state index contributed by atoms with van der Waals surface area (Å²) in [7, 11) is 0. The molecule has 0 N–H and O–H groups in total. The minimum Gasteiger partial charge on any atom is -0.456 e. The topological polar surface area (TPSA) is 13.1 Å². The van der Waals surface area contributed by atoms with Gasteiger partial charge in [0.2, 0.25) is 0 Å². The second-order valence-corrected chi connectivity index (χ2v) is 17.8. The third kappa shape index (κ3) is 7.47. The Morgan fingerprint density at radius 1 is 0.247 bits per heavy atom. The summed E-state index contributed by atoms with van der Waals surface area (Å²) in [5, 5.41) is 2.42. The van der Waals surface area contributed by atoms with Gasteiger partial charge in [-0.25, -0.2) is 0 Å². The second kappa shape index (κ2) is 18.4. The number of hydrogen-bond donors (Lipinski definition) is 0. The third-order valence-electron chi connectivity index (χ3n) is 13.6. The summed E-state index contributed by atoms with van der Waals surface area (Å²) in [5.41, 5.74) is -0.204. The van der Waals surface area contributed by atoms with Crippen molar-refractivity contribution >= 4 is 97.3 Å². The average Bonchev–Trinajstić information content (AvgIpc) is 0.717. The molecule has 0 aliphatic rings. The highest BCUT2D eigenvalue weighted by Gasteiger charge is 2.22.